The fourth-order valence-electron chi connectivity index (χ4n) is 3.02. The second kappa shape index (κ2) is 6.39. The monoisotopic (exact) mass is 366 g/mol. The Morgan fingerprint density at radius 3 is 2.26 bits per heavy atom. The van der Waals surface area contributed by atoms with E-state index in [2.05, 4.69) is 4.99 Å². The highest BCUT2D eigenvalue weighted by molar-refractivity contribution is 6.56. The zero-order valence-electron chi connectivity index (χ0n) is 13.9. The van der Waals surface area contributed by atoms with E-state index in [0.717, 1.165) is 12.1 Å². The second-order valence-corrected chi connectivity index (χ2v) is 6.00. The topological polar surface area (TPSA) is 32.7 Å². The molecular weight excluding hydrogens is 353 g/mol. The number of halogens is 3. The minimum absolute atomic E-state index is 0.0814. The third-order valence-corrected chi connectivity index (χ3v) is 4.23. The van der Waals surface area contributed by atoms with Crippen LogP contribution < -0.4 is 4.90 Å². The summed E-state index contributed by atoms with van der Waals surface area (Å²) >= 11 is 0. The molecule has 3 nitrogen and oxygen atoms in total. The number of anilines is 2. The van der Waals surface area contributed by atoms with Crippen LogP contribution in [-0.4, -0.2) is 11.6 Å². The standard InChI is InChI=1S/C21H13F3N2O/c22-21(23,24)14-7-6-8-15(13-14)25-19-17-11-4-5-12-18(17)26(20(19)27)16-9-2-1-3-10-16/h1-13H. The number of hydrogen-bond donors (Lipinski definition) is 0. The van der Waals surface area contributed by atoms with Gasteiger partial charge in [0, 0.05) is 11.3 Å². The van der Waals surface area contributed by atoms with Gasteiger partial charge in [0.1, 0.15) is 5.71 Å². The van der Waals surface area contributed by atoms with Gasteiger partial charge in [0.15, 0.2) is 0 Å². The number of fused-ring (bicyclic) bond motifs is 1. The van der Waals surface area contributed by atoms with E-state index in [-0.39, 0.29) is 17.3 Å². The van der Waals surface area contributed by atoms with Crippen molar-refractivity contribution in [2.24, 2.45) is 4.99 Å². The van der Waals surface area contributed by atoms with E-state index < -0.39 is 11.7 Å². The molecule has 4 rings (SSSR count). The molecule has 0 radical (unpaired) electrons. The van der Waals surface area contributed by atoms with E-state index in [9.17, 15) is 18.0 Å². The molecule has 27 heavy (non-hydrogen) atoms. The average molecular weight is 366 g/mol. The zero-order valence-corrected chi connectivity index (χ0v) is 13.9. The van der Waals surface area contributed by atoms with Gasteiger partial charge in [-0.05, 0) is 36.4 Å². The lowest BCUT2D eigenvalue weighted by atomic mass is 10.1. The summed E-state index contributed by atoms with van der Waals surface area (Å²) in [6, 6.07) is 20.8. The molecule has 134 valence electrons. The van der Waals surface area contributed by atoms with Crippen molar-refractivity contribution in [2.75, 3.05) is 4.90 Å². The van der Waals surface area contributed by atoms with Crippen molar-refractivity contribution in [2.45, 2.75) is 6.18 Å². The highest BCUT2D eigenvalue weighted by Gasteiger charge is 2.35. The Labute approximate surface area is 153 Å². The van der Waals surface area contributed by atoms with Gasteiger partial charge in [0.25, 0.3) is 5.91 Å². The van der Waals surface area contributed by atoms with E-state index in [0.29, 0.717) is 16.9 Å². The molecule has 0 fully saturated rings. The molecule has 0 spiro atoms. The van der Waals surface area contributed by atoms with Crippen molar-refractivity contribution >= 4 is 28.7 Å². The second-order valence-electron chi connectivity index (χ2n) is 6.00. The first kappa shape index (κ1) is 17.0. The Bertz CT molecular complexity index is 1040. The number of para-hydroxylation sites is 2. The molecule has 3 aromatic carbocycles. The molecule has 1 aliphatic rings. The number of aliphatic imine (C=N–C) groups is 1. The third-order valence-electron chi connectivity index (χ3n) is 4.23. The summed E-state index contributed by atoms with van der Waals surface area (Å²) in [6.45, 7) is 0. The first-order valence-electron chi connectivity index (χ1n) is 8.20. The minimum atomic E-state index is -4.47. The largest absolute Gasteiger partial charge is 0.416 e. The lowest BCUT2D eigenvalue weighted by Crippen LogP contribution is -2.25. The zero-order chi connectivity index (χ0) is 19.0. The first-order chi connectivity index (χ1) is 12.9. The van der Waals surface area contributed by atoms with Crippen molar-refractivity contribution in [3.63, 3.8) is 0 Å². The molecule has 0 saturated carbocycles. The Kier molecular flexibility index (Phi) is 4.03. The molecule has 3 aromatic rings. The van der Waals surface area contributed by atoms with Crippen LogP contribution in [-0.2, 0) is 11.0 Å². The predicted molar refractivity (Wildman–Crippen MR) is 97.7 cm³/mol. The average Bonchev–Trinajstić information content (AvgIpc) is 2.94. The minimum Gasteiger partial charge on any atom is -0.275 e. The summed E-state index contributed by atoms with van der Waals surface area (Å²) in [4.78, 5) is 18.8. The SMILES string of the molecule is O=C1C(=Nc2cccc(C(F)(F)F)c2)c2ccccc2N1c1ccccc1. The van der Waals surface area contributed by atoms with Crippen LogP contribution in [0.2, 0.25) is 0 Å². The molecule has 0 atom stereocenters. The van der Waals surface area contributed by atoms with Crippen LogP contribution in [0.5, 0.6) is 0 Å². The normalized spacial score (nSPS) is 15.3. The van der Waals surface area contributed by atoms with E-state index in [1.165, 1.54) is 17.0 Å². The molecule has 1 aliphatic heterocycles. The Hall–Kier alpha value is -3.41. The van der Waals surface area contributed by atoms with Crippen LogP contribution in [0.1, 0.15) is 11.1 Å². The van der Waals surface area contributed by atoms with Gasteiger partial charge in [-0.15, -0.1) is 0 Å². The molecule has 1 amide bonds. The summed E-state index contributed by atoms with van der Waals surface area (Å²) in [5.41, 5.74) is 1.31. The molecule has 0 N–H and O–H groups in total. The number of benzene rings is 3. The molecule has 0 unspecified atom stereocenters. The number of hydrogen-bond acceptors (Lipinski definition) is 2. The van der Waals surface area contributed by atoms with Crippen LogP contribution in [0.25, 0.3) is 0 Å². The predicted octanol–water partition coefficient (Wildman–Crippen LogP) is 5.50. The van der Waals surface area contributed by atoms with E-state index >= 15 is 0 Å². The number of amides is 1. The Balaban J connectivity index is 1.83. The van der Waals surface area contributed by atoms with Gasteiger partial charge >= 0.3 is 6.18 Å². The van der Waals surface area contributed by atoms with Crippen LogP contribution >= 0.6 is 0 Å². The summed E-state index contributed by atoms with van der Waals surface area (Å²) in [7, 11) is 0. The van der Waals surface area contributed by atoms with Gasteiger partial charge in [-0.25, -0.2) is 4.99 Å². The number of rotatable bonds is 2. The van der Waals surface area contributed by atoms with E-state index in [4.69, 9.17) is 0 Å². The van der Waals surface area contributed by atoms with Crippen molar-refractivity contribution in [3.8, 4) is 0 Å². The van der Waals surface area contributed by atoms with Crippen LogP contribution in [0, 0.1) is 0 Å². The smallest absolute Gasteiger partial charge is 0.275 e. The molecule has 0 saturated heterocycles. The molecule has 6 heteroatoms. The lowest BCUT2D eigenvalue weighted by molar-refractivity contribution is -0.137. The summed E-state index contributed by atoms with van der Waals surface area (Å²) in [6.07, 6.45) is -4.47. The van der Waals surface area contributed by atoms with Gasteiger partial charge in [-0.1, -0.05) is 42.5 Å². The van der Waals surface area contributed by atoms with Gasteiger partial charge in [0.2, 0.25) is 0 Å². The Morgan fingerprint density at radius 2 is 1.52 bits per heavy atom. The lowest BCUT2D eigenvalue weighted by Gasteiger charge is -2.16. The fraction of sp³-hybridized carbons (Fsp3) is 0.0476. The summed E-state index contributed by atoms with van der Waals surface area (Å²) < 4.78 is 38.9. The summed E-state index contributed by atoms with van der Waals surface area (Å²) in [5, 5.41) is 0. The highest BCUT2D eigenvalue weighted by atomic mass is 19.4. The molecule has 0 aromatic heterocycles. The van der Waals surface area contributed by atoms with Crippen molar-refractivity contribution in [1.29, 1.82) is 0 Å². The Morgan fingerprint density at radius 1 is 0.815 bits per heavy atom. The fourth-order valence-corrected chi connectivity index (χ4v) is 3.02. The van der Waals surface area contributed by atoms with Crippen LogP contribution in [0.15, 0.2) is 83.9 Å². The molecular formula is C21H13F3N2O. The number of nitrogens with zero attached hydrogens (tertiary/aromatic N) is 2. The van der Waals surface area contributed by atoms with Crippen molar-refractivity contribution in [1.82, 2.24) is 0 Å². The van der Waals surface area contributed by atoms with Crippen molar-refractivity contribution < 1.29 is 18.0 Å². The van der Waals surface area contributed by atoms with Crippen LogP contribution in [0.4, 0.5) is 30.2 Å². The van der Waals surface area contributed by atoms with Crippen molar-refractivity contribution in [3.05, 3.63) is 90.0 Å². The molecule has 0 aliphatic carbocycles. The quantitative estimate of drug-likeness (QED) is 0.589. The number of alkyl halides is 3. The highest BCUT2D eigenvalue weighted by Crippen LogP contribution is 2.37. The van der Waals surface area contributed by atoms with Gasteiger partial charge in [0.05, 0.1) is 16.9 Å². The van der Waals surface area contributed by atoms with Gasteiger partial charge in [-0.3, -0.25) is 9.69 Å². The maximum atomic E-state index is 13.0. The third kappa shape index (κ3) is 3.10. The maximum Gasteiger partial charge on any atom is 0.416 e. The maximum absolute atomic E-state index is 13.0. The van der Waals surface area contributed by atoms with E-state index in [1.54, 1.807) is 36.4 Å². The van der Waals surface area contributed by atoms with Crippen LogP contribution in [0.3, 0.4) is 0 Å². The number of carbonyl (C=O) groups excluding carboxylic acids is 1. The molecule has 1 heterocycles. The van der Waals surface area contributed by atoms with Gasteiger partial charge in [-0.2, -0.15) is 13.2 Å². The first-order valence-corrected chi connectivity index (χ1v) is 8.20. The summed E-state index contributed by atoms with van der Waals surface area (Å²) in [5.74, 6) is -0.375. The number of carbonyl (C=O) groups is 1. The molecule has 0 bridgehead atoms. The van der Waals surface area contributed by atoms with E-state index in [1.807, 2.05) is 18.2 Å². The van der Waals surface area contributed by atoms with Gasteiger partial charge < -0.3 is 0 Å².